The Kier molecular flexibility index (Phi) is 4.82. The summed E-state index contributed by atoms with van der Waals surface area (Å²) in [5.41, 5.74) is 0.546. The smallest absolute Gasteiger partial charge is 0.276 e. The largest absolute Gasteiger partial charge is 0.334 e. The Morgan fingerprint density at radius 2 is 2.16 bits per heavy atom. The number of hydrogen-bond donors (Lipinski definition) is 0. The molecule has 2 heterocycles. The molecule has 2 aromatic rings. The molecule has 134 valence electrons. The molecule has 1 saturated heterocycles. The molecule has 1 atom stereocenters. The molecule has 25 heavy (non-hydrogen) atoms. The zero-order valence-electron chi connectivity index (χ0n) is 14.7. The molecule has 0 aliphatic carbocycles. The number of carbonyl (C=O) groups is 1. The topological polar surface area (TPSA) is 51.0 Å². The Morgan fingerprint density at radius 3 is 2.80 bits per heavy atom. The van der Waals surface area contributed by atoms with E-state index in [0.29, 0.717) is 29.2 Å². The highest BCUT2D eigenvalue weighted by Crippen LogP contribution is 2.27. The standard InChI is InChI=1S/C18H22ClFN4O/c1-18(2,3)24-11-16(21-22-24)17(25)23-9-5-6-12(23)10-13-14(19)7-4-8-15(13)20/h4,7-8,11-12H,5-6,9-10H2,1-3H3. The third-order valence-electron chi connectivity index (χ3n) is 4.54. The summed E-state index contributed by atoms with van der Waals surface area (Å²) >= 11 is 6.14. The summed E-state index contributed by atoms with van der Waals surface area (Å²) in [6.45, 7) is 6.62. The summed E-state index contributed by atoms with van der Waals surface area (Å²) in [7, 11) is 0. The Balaban J connectivity index is 1.79. The fourth-order valence-corrected chi connectivity index (χ4v) is 3.36. The zero-order valence-corrected chi connectivity index (χ0v) is 15.4. The van der Waals surface area contributed by atoms with Gasteiger partial charge in [0, 0.05) is 23.2 Å². The van der Waals surface area contributed by atoms with Gasteiger partial charge in [-0.3, -0.25) is 4.79 Å². The van der Waals surface area contributed by atoms with E-state index in [-0.39, 0.29) is 23.3 Å². The van der Waals surface area contributed by atoms with E-state index in [0.717, 1.165) is 12.8 Å². The summed E-state index contributed by atoms with van der Waals surface area (Å²) in [4.78, 5) is 14.6. The maximum atomic E-state index is 14.1. The Bertz CT molecular complexity index is 763. The Hall–Kier alpha value is -1.95. The first kappa shape index (κ1) is 17.9. The minimum atomic E-state index is -0.328. The van der Waals surface area contributed by atoms with Crippen LogP contribution in [0.2, 0.25) is 5.02 Å². The van der Waals surface area contributed by atoms with E-state index in [2.05, 4.69) is 10.3 Å². The molecule has 1 fully saturated rings. The molecule has 0 radical (unpaired) electrons. The zero-order chi connectivity index (χ0) is 18.2. The minimum absolute atomic E-state index is 0.0818. The van der Waals surface area contributed by atoms with Crippen molar-refractivity contribution >= 4 is 17.5 Å². The fraction of sp³-hybridized carbons (Fsp3) is 0.500. The third kappa shape index (κ3) is 3.68. The van der Waals surface area contributed by atoms with Gasteiger partial charge in [-0.2, -0.15) is 0 Å². The third-order valence-corrected chi connectivity index (χ3v) is 4.89. The SMILES string of the molecule is CC(C)(C)n1cc(C(=O)N2CCCC2Cc2c(F)cccc2Cl)nn1. The fourth-order valence-electron chi connectivity index (χ4n) is 3.12. The highest BCUT2D eigenvalue weighted by atomic mass is 35.5. The van der Waals surface area contributed by atoms with Gasteiger partial charge < -0.3 is 4.90 Å². The first-order valence-corrected chi connectivity index (χ1v) is 8.82. The van der Waals surface area contributed by atoms with Crippen molar-refractivity contribution in [2.45, 2.75) is 51.6 Å². The van der Waals surface area contributed by atoms with E-state index in [4.69, 9.17) is 11.6 Å². The molecule has 1 aromatic heterocycles. The van der Waals surface area contributed by atoms with E-state index in [1.807, 2.05) is 20.8 Å². The van der Waals surface area contributed by atoms with Crippen LogP contribution >= 0.6 is 11.6 Å². The number of amides is 1. The number of carbonyl (C=O) groups excluding carboxylic acids is 1. The highest BCUT2D eigenvalue weighted by molar-refractivity contribution is 6.31. The van der Waals surface area contributed by atoms with E-state index in [1.165, 1.54) is 6.07 Å². The number of benzene rings is 1. The second kappa shape index (κ2) is 6.75. The molecular weight excluding hydrogens is 343 g/mol. The highest BCUT2D eigenvalue weighted by Gasteiger charge is 2.32. The average Bonchev–Trinajstić information content (AvgIpc) is 3.19. The van der Waals surface area contributed by atoms with Crippen molar-refractivity contribution in [1.29, 1.82) is 0 Å². The number of rotatable bonds is 3. The quantitative estimate of drug-likeness (QED) is 0.834. The number of halogens is 2. The van der Waals surface area contributed by atoms with E-state index in [1.54, 1.807) is 27.9 Å². The van der Waals surface area contributed by atoms with Gasteiger partial charge in [-0.15, -0.1) is 5.10 Å². The van der Waals surface area contributed by atoms with Gasteiger partial charge in [0.05, 0.1) is 11.7 Å². The lowest BCUT2D eigenvalue weighted by Gasteiger charge is -2.24. The summed E-state index contributed by atoms with van der Waals surface area (Å²) in [6, 6.07) is 4.58. The number of aromatic nitrogens is 3. The number of likely N-dealkylation sites (tertiary alicyclic amines) is 1. The summed E-state index contributed by atoms with van der Waals surface area (Å²) in [6.07, 6.45) is 3.79. The predicted molar refractivity (Wildman–Crippen MR) is 94.2 cm³/mol. The van der Waals surface area contributed by atoms with Crippen molar-refractivity contribution in [2.75, 3.05) is 6.54 Å². The lowest BCUT2D eigenvalue weighted by Crippen LogP contribution is -2.37. The van der Waals surface area contributed by atoms with Gasteiger partial charge in [-0.25, -0.2) is 9.07 Å². The molecule has 0 spiro atoms. The maximum absolute atomic E-state index is 14.1. The number of nitrogens with zero attached hydrogens (tertiary/aromatic N) is 4. The molecule has 0 N–H and O–H groups in total. The van der Waals surface area contributed by atoms with Crippen LogP contribution in [0, 0.1) is 5.82 Å². The second-order valence-electron chi connectivity index (χ2n) is 7.42. The predicted octanol–water partition coefficient (Wildman–Crippen LogP) is 3.67. The molecule has 1 aromatic carbocycles. The summed E-state index contributed by atoms with van der Waals surface area (Å²) < 4.78 is 15.8. The molecule has 1 aliphatic heterocycles. The summed E-state index contributed by atoms with van der Waals surface area (Å²) in [5, 5.41) is 8.48. The molecule has 1 unspecified atom stereocenters. The van der Waals surface area contributed by atoms with E-state index < -0.39 is 0 Å². The van der Waals surface area contributed by atoms with E-state index >= 15 is 0 Å². The first-order valence-electron chi connectivity index (χ1n) is 8.44. The van der Waals surface area contributed by atoms with Crippen molar-refractivity contribution in [3.63, 3.8) is 0 Å². The van der Waals surface area contributed by atoms with Gasteiger partial charge in [0.2, 0.25) is 0 Å². The Labute approximate surface area is 151 Å². The normalized spacial score (nSPS) is 18.0. The van der Waals surface area contributed by atoms with Gasteiger partial charge in [-0.05, 0) is 52.2 Å². The van der Waals surface area contributed by atoms with Gasteiger partial charge in [0.25, 0.3) is 5.91 Å². The van der Waals surface area contributed by atoms with Crippen molar-refractivity contribution in [2.24, 2.45) is 0 Å². The van der Waals surface area contributed by atoms with Gasteiger partial charge in [0.1, 0.15) is 5.82 Å². The second-order valence-corrected chi connectivity index (χ2v) is 7.83. The molecule has 1 aliphatic rings. The van der Waals surface area contributed by atoms with Crippen molar-refractivity contribution in [3.05, 3.63) is 46.5 Å². The van der Waals surface area contributed by atoms with E-state index in [9.17, 15) is 9.18 Å². The number of hydrogen-bond acceptors (Lipinski definition) is 3. The molecule has 0 saturated carbocycles. The first-order chi connectivity index (χ1) is 11.8. The van der Waals surface area contributed by atoms with Crippen LogP contribution in [0.15, 0.2) is 24.4 Å². The monoisotopic (exact) mass is 364 g/mol. The molecule has 1 amide bonds. The van der Waals surface area contributed by atoms with Crippen LogP contribution < -0.4 is 0 Å². The lowest BCUT2D eigenvalue weighted by molar-refractivity contribution is 0.0729. The van der Waals surface area contributed by atoms with Gasteiger partial charge in [0.15, 0.2) is 5.69 Å². The average molecular weight is 365 g/mol. The van der Waals surface area contributed by atoms with Crippen molar-refractivity contribution in [1.82, 2.24) is 19.9 Å². The van der Waals surface area contributed by atoms with Crippen LogP contribution in [0.1, 0.15) is 49.7 Å². The van der Waals surface area contributed by atoms with Crippen LogP contribution in [-0.2, 0) is 12.0 Å². The van der Waals surface area contributed by atoms with Crippen LogP contribution in [0.25, 0.3) is 0 Å². The maximum Gasteiger partial charge on any atom is 0.276 e. The molecule has 7 heteroatoms. The molecule has 3 rings (SSSR count). The van der Waals surface area contributed by atoms with Crippen LogP contribution in [0.5, 0.6) is 0 Å². The minimum Gasteiger partial charge on any atom is -0.334 e. The lowest BCUT2D eigenvalue weighted by atomic mass is 10.0. The Morgan fingerprint density at radius 1 is 1.40 bits per heavy atom. The van der Waals surface area contributed by atoms with Crippen LogP contribution in [-0.4, -0.2) is 38.4 Å². The van der Waals surface area contributed by atoms with Gasteiger partial charge in [-0.1, -0.05) is 22.9 Å². The molecular formula is C18H22ClFN4O. The molecule has 5 nitrogen and oxygen atoms in total. The summed E-state index contributed by atoms with van der Waals surface area (Å²) in [5.74, 6) is -0.490. The van der Waals surface area contributed by atoms with Crippen LogP contribution in [0.3, 0.4) is 0 Å². The van der Waals surface area contributed by atoms with Gasteiger partial charge >= 0.3 is 0 Å². The van der Waals surface area contributed by atoms with Crippen molar-refractivity contribution < 1.29 is 9.18 Å². The molecule has 0 bridgehead atoms. The van der Waals surface area contributed by atoms with Crippen molar-refractivity contribution in [3.8, 4) is 0 Å². The van der Waals surface area contributed by atoms with Crippen LogP contribution in [0.4, 0.5) is 4.39 Å².